The zero-order valence-corrected chi connectivity index (χ0v) is 10.2. The van der Waals surface area contributed by atoms with Crippen LogP contribution in [-0.2, 0) is 11.3 Å². The molecular formula is C10H13Cl2NO3. The Bertz CT molecular complexity index is 348. The Morgan fingerprint density at radius 2 is 2.06 bits per heavy atom. The number of furan rings is 1. The summed E-state index contributed by atoms with van der Waals surface area (Å²) in [5.74, 6) is 0.973. The van der Waals surface area contributed by atoms with Gasteiger partial charge in [0.2, 0.25) is 0 Å². The maximum Gasteiger partial charge on any atom is 0.287 e. The molecule has 2 rings (SSSR count). The molecule has 0 spiro atoms. The Balaban J connectivity index is 0.00000128. The highest BCUT2D eigenvalue weighted by Gasteiger charge is 2.14. The first-order valence-corrected chi connectivity index (χ1v) is 5.22. The van der Waals surface area contributed by atoms with E-state index in [1.807, 2.05) is 0 Å². The van der Waals surface area contributed by atoms with Crippen LogP contribution in [-0.4, -0.2) is 36.4 Å². The molecule has 6 heteroatoms. The van der Waals surface area contributed by atoms with E-state index in [0.29, 0.717) is 6.54 Å². The number of hydrogen-bond acceptors (Lipinski definition) is 4. The van der Waals surface area contributed by atoms with E-state index in [9.17, 15) is 4.79 Å². The summed E-state index contributed by atoms with van der Waals surface area (Å²) in [5.41, 5.74) is 0. The second-order valence-corrected chi connectivity index (χ2v) is 3.77. The summed E-state index contributed by atoms with van der Waals surface area (Å²) in [6.07, 6.45) is 0. The van der Waals surface area contributed by atoms with Crippen LogP contribution in [0.25, 0.3) is 0 Å². The van der Waals surface area contributed by atoms with Crippen LogP contribution in [0.4, 0.5) is 0 Å². The lowest BCUT2D eigenvalue weighted by atomic mass is 10.3. The average Bonchev–Trinajstić information content (AvgIpc) is 2.68. The van der Waals surface area contributed by atoms with Gasteiger partial charge < -0.3 is 9.15 Å². The summed E-state index contributed by atoms with van der Waals surface area (Å²) in [6.45, 7) is 3.99. The molecule has 1 aliphatic heterocycles. The van der Waals surface area contributed by atoms with Crippen LogP contribution in [0.2, 0.25) is 0 Å². The van der Waals surface area contributed by atoms with Gasteiger partial charge in [-0.2, -0.15) is 0 Å². The highest BCUT2D eigenvalue weighted by atomic mass is 35.5. The monoisotopic (exact) mass is 265 g/mol. The Labute approximate surface area is 105 Å². The third-order valence-corrected chi connectivity index (χ3v) is 2.52. The fraction of sp³-hybridized carbons (Fsp3) is 0.500. The maximum atomic E-state index is 10.8. The topological polar surface area (TPSA) is 42.7 Å². The first-order chi connectivity index (χ1) is 7.25. The minimum Gasteiger partial charge on any atom is -0.455 e. The Hall–Kier alpha value is -0.550. The van der Waals surface area contributed by atoms with Crippen molar-refractivity contribution in [3.05, 3.63) is 23.7 Å². The summed E-state index contributed by atoms with van der Waals surface area (Å²) in [5, 5.41) is -0.553. The van der Waals surface area contributed by atoms with E-state index in [-0.39, 0.29) is 18.2 Å². The van der Waals surface area contributed by atoms with Crippen LogP contribution in [0.1, 0.15) is 16.3 Å². The van der Waals surface area contributed by atoms with Crippen LogP contribution in [0, 0.1) is 0 Å². The number of nitrogens with zero attached hydrogens (tertiary/aromatic N) is 1. The number of halogens is 2. The zero-order valence-electron chi connectivity index (χ0n) is 8.65. The third-order valence-electron chi connectivity index (χ3n) is 2.34. The number of carbonyl (C=O) groups excluding carboxylic acids is 1. The molecule has 0 unspecified atom stereocenters. The number of carbonyl (C=O) groups is 1. The van der Waals surface area contributed by atoms with Gasteiger partial charge in [-0.05, 0) is 23.7 Å². The minimum atomic E-state index is -0.553. The van der Waals surface area contributed by atoms with E-state index in [4.69, 9.17) is 20.8 Å². The van der Waals surface area contributed by atoms with Crippen LogP contribution >= 0.6 is 24.0 Å². The first kappa shape index (κ1) is 13.5. The highest BCUT2D eigenvalue weighted by molar-refractivity contribution is 6.67. The van der Waals surface area contributed by atoms with Crippen molar-refractivity contribution < 1.29 is 13.9 Å². The van der Waals surface area contributed by atoms with Crippen LogP contribution < -0.4 is 0 Å². The van der Waals surface area contributed by atoms with Crippen molar-refractivity contribution in [2.24, 2.45) is 0 Å². The van der Waals surface area contributed by atoms with Crippen molar-refractivity contribution in [2.45, 2.75) is 6.54 Å². The molecule has 0 radical (unpaired) electrons. The number of ether oxygens (including phenoxy) is 1. The molecule has 4 nitrogen and oxygen atoms in total. The van der Waals surface area contributed by atoms with E-state index < -0.39 is 5.24 Å². The van der Waals surface area contributed by atoms with E-state index in [1.165, 1.54) is 0 Å². The maximum absolute atomic E-state index is 10.8. The molecule has 0 atom stereocenters. The number of hydrogen-bond donors (Lipinski definition) is 0. The molecule has 90 valence electrons. The quantitative estimate of drug-likeness (QED) is 0.784. The van der Waals surface area contributed by atoms with Gasteiger partial charge in [0.25, 0.3) is 5.24 Å². The molecule has 16 heavy (non-hydrogen) atoms. The van der Waals surface area contributed by atoms with Crippen molar-refractivity contribution in [1.82, 2.24) is 4.90 Å². The summed E-state index contributed by atoms with van der Waals surface area (Å²) >= 11 is 5.29. The first-order valence-electron chi connectivity index (χ1n) is 4.84. The molecule has 1 aliphatic rings. The number of morpholine rings is 1. The van der Waals surface area contributed by atoms with E-state index >= 15 is 0 Å². The van der Waals surface area contributed by atoms with Crippen molar-refractivity contribution in [3.63, 3.8) is 0 Å². The van der Waals surface area contributed by atoms with Gasteiger partial charge in [0.1, 0.15) is 5.76 Å². The van der Waals surface area contributed by atoms with E-state index in [1.54, 1.807) is 12.1 Å². The molecular weight excluding hydrogens is 253 g/mol. The fourth-order valence-corrected chi connectivity index (χ4v) is 1.65. The van der Waals surface area contributed by atoms with Crippen molar-refractivity contribution in [2.75, 3.05) is 26.3 Å². The third kappa shape index (κ3) is 3.49. The van der Waals surface area contributed by atoms with Gasteiger partial charge in [-0.25, -0.2) is 0 Å². The van der Waals surface area contributed by atoms with Crippen LogP contribution in [0.15, 0.2) is 16.5 Å². The second-order valence-electron chi connectivity index (χ2n) is 3.43. The molecule has 0 aliphatic carbocycles. The highest BCUT2D eigenvalue weighted by Crippen LogP contribution is 2.13. The standard InChI is InChI=1S/C10H12ClNO3.ClH/c11-10(13)9-2-1-8(15-9)7-12-3-5-14-6-4-12;/h1-2H,3-7H2;1H. The predicted octanol–water partition coefficient (Wildman–Crippen LogP) is 1.91. The lowest BCUT2D eigenvalue weighted by Gasteiger charge is -2.25. The van der Waals surface area contributed by atoms with Crippen LogP contribution in [0.5, 0.6) is 0 Å². The molecule has 0 amide bonds. The molecule has 1 aromatic rings. The molecule has 1 aromatic heterocycles. The Morgan fingerprint density at radius 1 is 1.38 bits per heavy atom. The minimum absolute atomic E-state index is 0. The lowest BCUT2D eigenvalue weighted by molar-refractivity contribution is 0.0312. The van der Waals surface area contributed by atoms with E-state index in [2.05, 4.69) is 4.90 Å². The van der Waals surface area contributed by atoms with Gasteiger partial charge in [0.15, 0.2) is 5.76 Å². The summed E-state index contributed by atoms with van der Waals surface area (Å²) in [6, 6.07) is 3.39. The van der Waals surface area contributed by atoms with E-state index in [0.717, 1.165) is 32.1 Å². The Kier molecular flexibility index (Phi) is 5.28. The molecule has 1 saturated heterocycles. The lowest BCUT2D eigenvalue weighted by Crippen LogP contribution is -2.35. The molecule has 0 N–H and O–H groups in total. The SMILES string of the molecule is Cl.O=C(Cl)c1ccc(CN2CCOCC2)o1. The Morgan fingerprint density at radius 3 is 2.62 bits per heavy atom. The molecule has 2 heterocycles. The van der Waals surface area contributed by atoms with Gasteiger partial charge in [0, 0.05) is 13.1 Å². The zero-order chi connectivity index (χ0) is 10.7. The summed E-state index contributed by atoms with van der Waals surface area (Å²) in [7, 11) is 0. The molecule has 0 bridgehead atoms. The van der Waals surface area contributed by atoms with Gasteiger partial charge in [-0.1, -0.05) is 0 Å². The van der Waals surface area contributed by atoms with Gasteiger partial charge in [0.05, 0.1) is 19.8 Å². The summed E-state index contributed by atoms with van der Waals surface area (Å²) < 4.78 is 10.5. The van der Waals surface area contributed by atoms with Crippen molar-refractivity contribution in [3.8, 4) is 0 Å². The fourth-order valence-electron chi connectivity index (χ4n) is 1.55. The average molecular weight is 266 g/mol. The van der Waals surface area contributed by atoms with Gasteiger partial charge in [-0.3, -0.25) is 9.69 Å². The van der Waals surface area contributed by atoms with Crippen LogP contribution in [0.3, 0.4) is 0 Å². The number of rotatable bonds is 3. The predicted molar refractivity (Wildman–Crippen MR) is 62.2 cm³/mol. The van der Waals surface area contributed by atoms with Crippen molar-refractivity contribution in [1.29, 1.82) is 0 Å². The van der Waals surface area contributed by atoms with Gasteiger partial charge >= 0.3 is 0 Å². The molecule has 0 aromatic carbocycles. The second kappa shape index (κ2) is 6.25. The van der Waals surface area contributed by atoms with Crippen molar-refractivity contribution >= 4 is 29.3 Å². The molecule has 1 fully saturated rings. The van der Waals surface area contributed by atoms with Gasteiger partial charge in [-0.15, -0.1) is 12.4 Å². The normalized spacial score (nSPS) is 16.8. The molecule has 0 saturated carbocycles. The smallest absolute Gasteiger partial charge is 0.287 e. The summed E-state index contributed by atoms with van der Waals surface area (Å²) in [4.78, 5) is 13.0. The largest absolute Gasteiger partial charge is 0.455 e.